The summed E-state index contributed by atoms with van der Waals surface area (Å²) in [5.41, 5.74) is 1.70. The first kappa shape index (κ1) is 17.9. The zero-order chi connectivity index (χ0) is 17.7. The highest BCUT2D eigenvalue weighted by atomic mass is 16.5. The molecular formula is C18H22BNO4. The van der Waals surface area contributed by atoms with Gasteiger partial charge in [0.25, 0.3) is 5.91 Å². The van der Waals surface area contributed by atoms with Crippen LogP contribution >= 0.6 is 0 Å². The third-order valence-corrected chi connectivity index (χ3v) is 3.86. The lowest BCUT2D eigenvalue weighted by atomic mass is 9.75. The van der Waals surface area contributed by atoms with Crippen LogP contribution in [0, 0.1) is 6.92 Å². The van der Waals surface area contributed by atoms with Gasteiger partial charge in [-0.2, -0.15) is 0 Å². The number of nitrogens with zero attached hydrogens (tertiary/aromatic N) is 1. The van der Waals surface area contributed by atoms with E-state index in [0.29, 0.717) is 24.1 Å². The van der Waals surface area contributed by atoms with Crippen molar-refractivity contribution in [3.05, 3.63) is 53.6 Å². The van der Waals surface area contributed by atoms with Gasteiger partial charge in [0.15, 0.2) is 5.75 Å². The van der Waals surface area contributed by atoms with E-state index >= 15 is 0 Å². The number of benzene rings is 2. The van der Waals surface area contributed by atoms with E-state index in [2.05, 4.69) is 0 Å². The number of amides is 1. The SMILES string of the molecule is CCN(CC)C(=O)c1cc(C)ccc1B(O)Oc1ccccc1O. The largest absolute Gasteiger partial charge is 0.560 e. The van der Waals surface area contributed by atoms with Crippen LogP contribution in [-0.2, 0) is 0 Å². The number of phenols is 1. The number of rotatable bonds is 6. The highest BCUT2D eigenvalue weighted by Gasteiger charge is 2.28. The van der Waals surface area contributed by atoms with Crippen LogP contribution in [0.2, 0.25) is 0 Å². The molecule has 0 aromatic heterocycles. The Morgan fingerprint density at radius 3 is 2.46 bits per heavy atom. The number of para-hydroxylation sites is 2. The van der Waals surface area contributed by atoms with Gasteiger partial charge in [0.05, 0.1) is 0 Å². The molecule has 24 heavy (non-hydrogen) atoms. The van der Waals surface area contributed by atoms with Crippen LogP contribution in [0.1, 0.15) is 29.8 Å². The second kappa shape index (κ2) is 7.88. The first-order valence-corrected chi connectivity index (χ1v) is 8.00. The van der Waals surface area contributed by atoms with Gasteiger partial charge in [0, 0.05) is 24.1 Å². The van der Waals surface area contributed by atoms with Gasteiger partial charge in [-0.3, -0.25) is 4.79 Å². The Hall–Kier alpha value is -2.47. The van der Waals surface area contributed by atoms with E-state index in [0.717, 1.165) is 5.56 Å². The van der Waals surface area contributed by atoms with Gasteiger partial charge in [-0.25, -0.2) is 0 Å². The molecule has 0 radical (unpaired) electrons. The van der Waals surface area contributed by atoms with Crippen molar-refractivity contribution in [3.8, 4) is 11.5 Å². The fourth-order valence-electron chi connectivity index (χ4n) is 2.49. The Labute approximate surface area is 142 Å². The molecule has 0 fully saturated rings. The summed E-state index contributed by atoms with van der Waals surface area (Å²) in [7, 11) is -1.35. The van der Waals surface area contributed by atoms with E-state index in [9.17, 15) is 14.9 Å². The van der Waals surface area contributed by atoms with Crippen molar-refractivity contribution < 1.29 is 19.6 Å². The molecule has 0 aliphatic heterocycles. The Balaban J connectivity index is 2.36. The molecule has 0 unspecified atom stereocenters. The number of carbonyl (C=O) groups is 1. The first-order valence-electron chi connectivity index (χ1n) is 8.00. The molecule has 0 heterocycles. The lowest BCUT2D eigenvalue weighted by molar-refractivity contribution is 0.0774. The maximum Gasteiger partial charge on any atom is 0.560 e. The molecule has 1 amide bonds. The molecule has 126 valence electrons. The Morgan fingerprint density at radius 2 is 1.83 bits per heavy atom. The third kappa shape index (κ3) is 3.89. The molecule has 5 nitrogen and oxygen atoms in total. The summed E-state index contributed by atoms with van der Waals surface area (Å²) in [5.74, 6) is -0.0641. The average molecular weight is 327 g/mol. The standard InChI is InChI=1S/C18H22BNO4/c1-4-20(5-2)18(22)14-12-13(3)10-11-15(14)19(23)24-17-9-7-6-8-16(17)21/h6-12,21,23H,4-5H2,1-3H3. The lowest BCUT2D eigenvalue weighted by Gasteiger charge is -2.21. The van der Waals surface area contributed by atoms with E-state index in [-0.39, 0.29) is 17.4 Å². The van der Waals surface area contributed by atoms with Crippen LogP contribution in [0.25, 0.3) is 0 Å². The van der Waals surface area contributed by atoms with E-state index in [1.165, 1.54) is 6.07 Å². The van der Waals surface area contributed by atoms with Crippen LogP contribution in [0.15, 0.2) is 42.5 Å². The van der Waals surface area contributed by atoms with Gasteiger partial charge >= 0.3 is 7.12 Å². The van der Waals surface area contributed by atoms with Gasteiger partial charge in [-0.05, 0) is 39.0 Å². The lowest BCUT2D eigenvalue weighted by Crippen LogP contribution is -2.43. The van der Waals surface area contributed by atoms with E-state index in [1.807, 2.05) is 26.8 Å². The Kier molecular flexibility index (Phi) is 5.87. The number of hydrogen-bond acceptors (Lipinski definition) is 4. The number of hydrogen-bond donors (Lipinski definition) is 2. The highest BCUT2D eigenvalue weighted by molar-refractivity contribution is 6.62. The Morgan fingerprint density at radius 1 is 1.17 bits per heavy atom. The topological polar surface area (TPSA) is 70.0 Å². The van der Waals surface area contributed by atoms with E-state index in [4.69, 9.17) is 4.65 Å². The highest BCUT2D eigenvalue weighted by Crippen LogP contribution is 2.24. The molecule has 0 atom stereocenters. The van der Waals surface area contributed by atoms with Crippen molar-refractivity contribution in [2.75, 3.05) is 13.1 Å². The van der Waals surface area contributed by atoms with Gasteiger partial charge in [-0.1, -0.05) is 29.8 Å². The molecule has 0 spiro atoms. The average Bonchev–Trinajstić information content (AvgIpc) is 2.57. The first-order chi connectivity index (χ1) is 11.5. The van der Waals surface area contributed by atoms with Gasteiger partial charge in [-0.15, -0.1) is 0 Å². The van der Waals surface area contributed by atoms with Crippen LogP contribution < -0.4 is 10.1 Å². The predicted octanol–water partition coefficient (Wildman–Crippen LogP) is 1.95. The minimum atomic E-state index is -1.35. The van der Waals surface area contributed by atoms with Crippen molar-refractivity contribution in [2.24, 2.45) is 0 Å². The van der Waals surface area contributed by atoms with Crippen LogP contribution in [-0.4, -0.2) is 41.1 Å². The molecule has 0 saturated carbocycles. The van der Waals surface area contributed by atoms with E-state index in [1.54, 1.807) is 35.2 Å². The summed E-state index contributed by atoms with van der Waals surface area (Å²) in [6.07, 6.45) is 0. The number of phenolic OH excluding ortho intramolecular Hbond substituents is 1. The summed E-state index contributed by atoms with van der Waals surface area (Å²) in [4.78, 5) is 14.4. The summed E-state index contributed by atoms with van der Waals surface area (Å²) in [6.45, 7) is 6.87. The summed E-state index contributed by atoms with van der Waals surface area (Å²) < 4.78 is 5.44. The summed E-state index contributed by atoms with van der Waals surface area (Å²) in [6, 6.07) is 11.6. The monoisotopic (exact) mass is 327 g/mol. The molecule has 0 aliphatic rings. The second-order valence-electron chi connectivity index (χ2n) is 5.51. The van der Waals surface area contributed by atoms with Crippen LogP contribution in [0.3, 0.4) is 0 Å². The minimum Gasteiger partial charge on any atom is -0.530 e. The zero-order valence-corrected chi connectivity index (χ0v) is 14.2. The fraction of sp³-hybridized carbons (Fsp3) is 0.278. The maximum atomic E-state index is 12.7. The predicted molar refractivity (Wildman–Crippen MR) is 94.8 cm³/mol. The minimum absolute atomic E-state index is 0.0692. The van der Waals surface area contributed by atoms with Crippen molar-refractivity contribution in [2.45, 2.75) is 20.8 Å². The Bertz CT molecular complexity index is 716. The molecule has 2 aromatic carbocycles. The van der Waals surface area contributed by atoms with Crippen molar-refractivity contribution >= 4 is 18.5 Å². The van der Waals surface area contributed by atoms with Crippen LogP contribution in [0.4, 0.5) is 0 Å². The van der Waals surface area contributed by atoms with Crippen molar-refractivity contribution in [1.82, 2.24) is 4.90 Å². The molecule has 6 heteroatoms. The third-order valence-electron chi connectivity index (χ3n) is 3.86. The number of aromatic hydroxyl groups is 1. The van der Waals surface area contributed by atoms with E-state index < -0.39 is 7.12 Å². The van der Waals surface area contributed by atoms with Crippen molar-refractivity contribution in [3.63, 3.8) is 0 Å². The maximum absolute atomic E-state index is 12.7. The molecule has 0 bridgehead atoms. The van der Waals surface area contributed by atoms with Gasteiger partial charge < -0.3 is 19.7 Å². The quantitative estimate of drug-likeness (QED) is 0.796. The molecule has 2 N–H and O–H groups in total. The van der Waals surface area contributed by atoms with Gasteiger partial charge in [0.2, 0.25) is 0 Å². The molecule has 0 aliphatic carbocycles. The molecule has 2 rings (SSSR count). The molecule has 2 aromatic rings. The second-order valence-corrected chi connectivity index (χ2v) is 5.51. The summed E-state index contributed by atoms with van der Waals surface area (Å²) in [5, 5.41) is 20.2. The van der Waals surface area contributed by atoms with Gasteiger partial charge in [0.1, 0.15) is 5.75 Å². The zero-order valence-electron chi connectivity index (χ0n) is 14.2. The summed E-state index contributed by atoms with van der Waals surface area (Å²) >= 11 is 0. The number of carbonyl (C=O) groups excluding carboxylic acids is 1. The smallest absolute Gasteiger partial charge is 0.530 e. The number of aryl methyl sites for hydroxylation is 1. The van der Waals surface area contributed by atoms with Crippen molar-refractivity contribution in [1.29, 1.82) is 0 Å². The molecular weight excluding hydrogens is 305 g/mol. The van der Waals surface area contributed by atoms with Crippen LogP contribution in [0.5, 0.6) is 11.5 Å². The normalized spacial score (nSPS) is 10.3. The molecule has 0 saturated heterocycles. The fourth-order valence-corrected chi connectivity index (χ4v) is 2.49.